The van der Waals surface area contributed by atoms with E-state index in [-0.39, 0.29) is 0 Å². The van der Waals surface area contributed by atoms with Crippen LogP contribution in [0.4, 0.5) is 0 Å². The molecule has 3 heteroatoms. The van der Waals surface area contributed by atoms with Gasteiger partial charge >= 0.3 is 0 Å². The second kappa shape index (κ2) is 2.29. The van der Waals surface area contributed by atoms with Crippen molar-refractivity contribution in [2.45, 2.75) is 0 Å². The highest BCUT2D eigenvalue weighted by atomic mass is 16.3. The first-order chi connectivity index (χ1) is 6.45. The molecule has 0 saturated heterocycles. The van der Waals surface area contributed by atoms with Crippen LogP contribution in [0.1, 0.15) is 0 Å². The number of fused-ring (bicyclic) bond motifs is 3. The van der Waals surface area contributed by atoms with Crippen molar-refractivity contribution in [3.05, 3.63) is 36.9 Å². The fourth-order valence-corrected chi connectivity index (χ4v) is 1.48. The van der Waals surface area contributed by atoms with E-state index < -0.39 is 0 Å². The molecule has 0 aromatic heterocycles. The van der Waals surface area contributed by atoms with Crippen LogP contribution in [0.25, 0.3) is 22.4 Å². The van der Waals surface area contributed by atoms with Crippen molar-refractivity contribution in [3.8, 4) is 11.5 Å². The van der Waals surface area contributed by atoms with Crippen molar-refractivity contribution in [1.82, 2.24) is 9.97 Å². The average Bonchev–Trinajstić information content (AvgIpc) is 2.56. The number of nitrogens with zero attached hydrogens (tertiary/aromatic N) is 2. The van der Waals surface area contributed by atoms with Crippen LogP contribution in [0.5, 0.6) is 0 Å². The van der Waals surface area contributed by atoms with Gasteiger partial charge in [0.15, 0.2) is 12.2 Å². The Hall–Kier alpha value is -1.90. The van der Waals surface area contributed by atoms with Crippen molar-refractivity contribution >= 4 is 10.9 Å². The molecule has 3 nitrogen and oxygen atoms in total. The van der Waals surface area contributed by atoms with E-state index in [9.17, 15) is 0 Å². The van der Waals surface area contributed by atoms with E-state index in [0.29, 0.717) is 0 Å². The highest BCUT2D eigenvalue weighted by Crippen LogP contribution is 2.29. The Labute approximate surface area is 74.4 Å². The van der Waals surface area contributed by atoms with Gasteiger partial charge in [0.05, 0.1) is 11.7 Å². The summed E-state index contributed by atoms with van der Waals surface area (Å²) in [6.45, 7) is 0. The minimum atomic E-state index is 0.809. The molecule has 0 N–H and O–H groups in total. The van der Waals surface area contributed by atoms with Crippen molar-refractivity contribution in [1.29, 1.82) is 0 Å². The summed E-state index contributed by atoms with van der Waals surface area (Å²) in [6.07, 6.45) is 3.13. The third-order valence-corrected chi connectivity index (χ3v) is 2.05. The molecule has 0 atom stereocenters. The first-order valence-electron chi connectivity index (χ1n) is 4.02. The third-order valence-electron chi connectivity index (χ3n) is 2.05. The molecule has 2 aliphatic heterocycles. The maximum Gasteiger partial charge on any atom is 0.181 e. The normalized spacial score (nSPS) is 11.1. The van der Waals surface area contributed by atoms with Crippen LogP contribution in [0.2, 0.25) is 0 Å². The summed E-state index contributed by atoms with van der Waals surface area (Å²) in [6, 6.07) is 7.89. The van der Waals surface area contributed by atoms with Gasteiger partial charge in [-0.05, 0) is 12.1 Å². The molecule has 3 rings (SSSR count). The fourth-order valence-electron chi connectivity index (χ4n) is 1.48. The van der Waals surface area contributed by atoms with Gasteiger partial charge in [0.1, 0.15) is 5.69 Å². The number of hydrogen-bond donors (Lipinski definition) is 0. The van der Waals surface area contributed by atoms with E-state index in [2.05, 4.69) is 9.97 Å². The third kappa shape index (κ3) is 0.839. The molecule has 1 aromatic carbocycles. The van der Waals surface area contributed by atoms with Crippen LogP contribution in [-0.2, 0) is 0 Å². The van der Waals surface area contributed by atoms with Crippen LogP contribution in [0, 0.1) is 0 Å². The van der Waals surface area contributed by atoms with E-state index in [0.717, 1.165) is 22.4 Å². The van der Waals surface area contributed by atoms with E-state index >= 15 is 0 Å². The standard InChI is InChI=1S/C10H6N2O/c1-2-4-8-7(3-1)10-9(12-8)5-11-6-13-10/h1-6H. The molecule has 2 heterocycles. The van der Waals surface area contributed by atoms with E-state index in [4.69, 9.17) is 4.42 Å². The number of benzene rings is 1. The topological polar surface area (TPSA) is 38.9 Å². The SMILES string of the molecule is c1ccc2c3ocncc-3nc2c1. The highest BCUT2D eigenvalue weighted by Gasteiger charge is 2.12. The molecule has 0 saturated carbocycles. The molecule has 0 fully saturated rings. The van der Waals surface area contributed by atoms with Gasteiger partial charge in [0, 0.05) is 5.39 Å². The summed E-state index contributed by atoms with van der Waals surface area (Å²) < 4.78 is 5.29. The maximum absolute atomic E-state index is 5.29. The van der Waals surface area contributed by atoms with Crippen molar-refractivity contribution in [2.24, 2.45) is 0 Å². The van der Waals surface area contributed by atoms with Crippen molar-refractivity contribution < 1.29 is 4.42 Å². The Morgan fingerprint density at radius 2 is 2.08 bits per heavy atom. The monoisotopic (exact) mass is 170 g/mol. The fraction of sp³-hybridized carbons (Fsp3) is 0. The summed E-state index contributed by atoms with van der Waals surface area (Å²) >= 11 is 0. The Morgan fingerprint density at radius 1 is 1.15 bits per heavy atom. The number of hydrogen-bond acceptors (Lipinski definition) is 3. The Bertz CT molecular complexity index is 529. The molecular weight excluding hydrogens is 164 g/mol. The first-order valence-corrected chi connectivity index (χ1v) is 4.02. The zero-order valence-electron chi connectivity index (χ0n) is 6.77. The van der Waals surface area contributed by atoms with Gasteiger partial charge < -0.3 is 4.42 Å². The quantitative estimate of drug-likeness (QED) is 0.519. The van der Waals surface area contributed by atoms with Crippen LogP contribution in [0.15, 0.2) is 41.3 Å². The van der Waals surface area contributed by atoms with Gasteiger partial charge in [-0.2, -0.15) is 0 Å². The van der Waals surface area contributed by atoms with E-state index in [1.54, 1.807) is 6.20 Å². The minimum Gasteiger partial charge on any atom is -0.443 e. The van der Waals surface area contributed by atoms with Gasteiger partial charge in [-0.15, -0.1) is 0 Å². The van der Waals surface area contributed by atoms with Crippen LogP contribution in [-0.4, -0.2) is 9.97 Å². The minimum absolute atomic E-state index is 0.809. The Morgan fingerprint density at radius 3 is 3.08 bits per heavy atom. The lowest BCUT2D eigenvalue weighted by atomic mass is 10.2. The number of rotatable bonds is 0. The van der Waals surface area contributed by atoms with Crippen LogP contribution >= 0.6 is 0 Å². The Kier molecular flexibility index (Phi) is 1.16. The van der Waals surface area contributed by atoms with Crippen LogP contribution in [0.3, 0.4) is 0 Å². The van der Waals surface area contributed by atoms with Gasteiger partial charge in [-0.1, -0.05) is 12.1 Å². The lowest BCUT2D eigenvalue weighted by molar-refractivity contribution is 0.545. The smallest absolute Gasteiger partial charge is 0.181 e. The molecular formula is C10H6N2O. The second-order valence-corrected chi connectivity index (χ2v) is 2.84. The average molecular weight is 170 g/mol. The summed E-state index contributed by atoms with van der Waals surface area (Å²) in [7, 11) is 0. The zero-order chi connectivity index (χ0) is 8.67. The highest BCUT2D eigenvalue weighted by molar-refractivity contribution is 5.93. The van der Waals surface area contributed by atoms with Crippen LogP contribution < -0.4 is 0 Å². The summed E-state index contributed by atoms with van der Waals surface area (Å²) in [5.74, 6) is 0.811. The van der Waals surface area contributed by atoms with E-state index in [1.165, 1.54) is 6.39 Å². The predicted molar refractivity (Wildman–Crippen MR) is 48.4 cm³/mol. The molecule has 0 amide bonds. The predicted octanol–water partition coefficient (Wildman–Crippen LogP) is 2.33. The summed E-state index contributed by atoms with van der Waals surface area (Å²) in [4.78, 5) is 8.24. The number of para-hydroxylation sites is 1. The molecule has 0 radical (unpaired) electrons. The largest absolute Gasteiger partial charge is 0.443 e. The number of aromatic nitrogens is 2. The molecule has 1 aromatic rings. The van der Waals surface area contributed by atoms with Crippen molar-refractivity contribution in [3.63, 3.8) is 0 Å². The lowest BCUT2D eigenvalue weighted by Crippen LogP contribution is -1.76. The molecule has 13 heavy (non-hydrogen) atoms. The molecule has 0 aliphatic carbocycles. The molecule has 0 spiro atoms. The first kappa shape index (κ1) is 6.60. The molecule has 0 bridgehead atoms. The molecule has 0 unspecified atom stereocenters. The maximum atomic E-state index is 5.29. The molecule has 2 aliphatic rings. The zero-order valence-corrected chi connectivity index (χ0v) is 6.77. The lowest BCUT2D eigenvalue weighted by Gasteiger charge is -1.92. The summed E-state index contributed by atoms with van der Waals surface area (Å²) in [5.41, 5.74) is 1.76. The van der Waals surface area contributed by atoms with Crippen molar-refractivity contribution in [2.75, 3.05) is 0 Å². The second-order valence-electron chi connectivity index (χ2n) is 2.84. The van der Waals surface area contributed by atoms with Gasteiger partial charge in [-0.3, -0.25) is 0 Å². The van der Waals surface area contributed by atoms with E-state index in [1.807, 2.05) is 24.3 Å². The molecule has 62 valence electrons. The van der Waals surface area contributed by atoms with Gasteiger partial charge in [0.25, 0.3) is 0 Å². The van der Waals surface area contributed by atoms with Gasteiger partial charge in [0.2, 0.25) is 0 Å². The summed E-state index contributed by atoms with van der Waals surface area (Å²) in [5, 5.41) is 1.04. The van der Waals surface area contributed by atoms with Gasteiger partial charge in [-0.25, -0.2) is 9.97 Å². The Balaban J connectivity index is 2.56.